The summed E-state index contributed by atoms with van der Waals surface area (Å²) in [5.74, 6) is 0.896. The van der Waals surface area contributed by atoms with Gasteiger partial charge in [0.1, 0.15) is 18.2 Å². The van der Waals surface area contributed by atoms with Crippen LogP contribution in [-0.4, -0.2) is 45.1 Å². The Balaban J connectivity index is 1.42. The zero-order chi connectivity index (χ0) is 15.1. The Hall–Kier alpha value is -2.28. The summed E-state index contributed by atoms with van der Waals surface area (Å²) in [4.78, 5) is 22.3. The number of carbonyl (C=O) groups is 1. The predicted octanol–water partition coefficient (Wildman–Crippen LogP) is 1.38. The van der Waals surface area contributed by atoms with Gasteiger partial charge >= 0.3 is 0 Å². The first-order chi connectivity index (χ1) is 10.7. The van der Waals surface area contributed by atoms with Crippen LogP contribution < -0.4 is 0 Å². The number of carbonyl (C=O) groups excluding carboxylic acids is 1. The lowest BCUT2D eigenvalue weighted by atomic mass is 10.0. The monoisotopic (exact) mass is 300 g/mol. The third-order valence-electron chi connectivity index (χ3n) is 4.31. The van der Waals surface area contributed by atoms with Crippen molar-refractivity contribution in [2.75, 3.05) is 13.1 Å². The van der Waals surface area contributed by atoms with Crippen molar-refractivity contribution in [1.29, 1.82) is 0 Å². The Morgan fingerprint density at radius 1 is 1.41 bits per heavy atom. The first-order valence-electron chi connectivity index (χ1n) is 7.34. The molecule has 0 N–H and O–H groups in total. The second-order valence-corrected chi connectivity index (χ2v) is 5.83. The molecule has 1 amide bonds. The number of aryl methyl sites for hydroxylation is 1. The molecule has 4 rings (SSSR count). The van der Waals surface area contributed by atoms with Crippen LogP contribution in [0.1, 0.15) is 34.5 Å². The van der Waals surface area contributed by atoms with E-state index in [2.05, 4.69) is 15.1 Å². The van der Waals surface area contributed by atoms with Crippen molar-refractivity contribution < 1.29 is 14.1 Å². The lowest BCUT2D eigenvalue weighted by molar-refractivity contribution is 0.0333. The first-order valence-corrected chi connectivity index (χ1v) is 7.34. The van der Waals surface area contributed by atoms with Crippen LogP contribution in [0.3, 0.4) is 0 Å². The van der Waals surface area contributed by atoms with E-state index in [1.807, 2.05) is 6.07 Å². The normalized spacial score (nSPS) is 27.1. The number of likely N-dealkylation sites (tertiary alicyclic amines) is 1. The minimum absolute atomic E-state index is 0.00421. The van der Waals surface area contributed by atoms with Crippen molar-refractivity contribution in [2.45, 2.75) is 25.6 Å². The molecule has 0 spiro atoms. The molecule has 0 saturated carbocycles. The van der Waals surface area contributed by atoms with E-state index in [1.165, 1.54) is 6.33 Å². The van der Waals surface area contributed by atoms with Gasteiger partial charge in [0.2, 0.25) is 0 Å². The van der Waals surface area contributed by atoms with Crippen molar-refractivity contribution in [3.05, 3.63) is 41.8 Å². The average molecular weight is 300 g/mol. The van der Waals surface area contributed by atoms with E-state index in [-0.39, 0.29) is 18.1 Å². The minimum Gasteiger partial charge on any atom is -0.366 e. The number of ether oxygens (including phenoxy) is 1. The van der Waals surface area contributed by atoms with Gasteiger partial charge in [0.05, 0.1) is 11.8 Å². The van der Waals surface area contributed by atoms with Crippen molar-refractivity contribution >= 4 is 5.91 Å². The topological polar surface area (TPSA) is 81.4 Å². The van der Waals surface area contributed by atoms with Crippen LogP contribution in [-0.2, 0) is 4.74 Å². The Kier molecular flexibility index (Phi) is 3.15. The quantitative estimate of drug-likeness (QED) is 0.833. The molecule has 4 heterocycles. The molecule has 2 aliphatic rings. The molecule has 0 aliphatic carbocycles. The second kappa shape index (κ2) is 5.17. The fraction of sp³-hybridized carbons (Fsp3) is 0.467. The SMILES string of the molecule is Cc1cc(C(=O)N2C[C@@H]3C[C@@H](c4ccncn4)O[C@@H]3C2)no1. The maximum Gasteiger partial charge on any atom is 0.276 e. The maximum absolute atomic E-state index is 12.4. The molecule has 0 bridgehead atoms. The highest BCUT2D eigenvalue weighted by molar-refractivity contribution is 5.92. The summed E-state index contributed by atoms with van der Waals surface area (Å²) in [5, 5.41) is 3.79. The van der Waals surface area contributed by atoms with E-state index in [1.54, 1.807) is 24.1 Å². The fourth-order valence-electron chi connectivity index (χ4n) is 3.24. The zero-order valence-corrected chi connectivity index (χ0v) is 12.2. The summed E-state index contributed by atoms with van der Waals surface area (Å²) in [6.45, 7) is 3.06. The number of nitrogens with zero attached hydrogens (tertiary/aromatic N) is 4. The number of rotatable bonds is 2. The molecule has 22 heavy (non-hydrogen) atoms. The van der Waals surface area contributed by atoms with E-state index >= 15 is 0 Å². The van der Waals surface area contributed by atoms with Gasteiger partial charge in [-0.1, -0.05) is 5.16 Å². The van der Waals surface area contributed by atoms with Gasteiger partial charge in [0.15, 0.2) is 5.69 Å². The van der Waals surface area contributed by atoms with Crippen molar-refractivity contribution in [3.8, 4) is 0 Å². The van der Waals surface area contributed by atoms with Gasteiger partial charge < -0.3 is 14.2 Å². The Labute approximate surface area is 127 Å². The maximum atomic E-state index is 12.4. The van der Waals surface area contributed by atoms with Gasteiger partial charge in [0.25, 0.3) is 5.91 Å². The summed E-state index contributed by atoms with van der Waals surface area (Å²) < 4.78 is 11.0. The van der Waals surface area contributed by atoms with Crippen molar-refractivity contribution in [1.82, 2.24) is 20.0 Å². The molecule has 3 atom stereocenters. The van der Waals surface area contributed by atoms with Gasteiger partial charge in [-0.05, 0) is 19.4 Å². The lowest BCUT2D eigenvalue weighted by Gasteiger charge is -2.18. The largest absolute Gasteiger partial charge is 0.366 e. The highest BCUT2D eigenvalue weighted by Gasteiger charge is 2.44. The van der Waals surface area contributed by atoms with Gasteiger partial charge in [-0.3, -0.25) is 4.79 Å². The minimum atomic E-state index is -0.0894. The molecule has 7 nitrogen and oxygen atoms in total. The molecule has 2 aromatic rings. The standard InChI is InChI=1S/C15H16N4O3/c1-9-4-12(18-22-9)15(20)19-6-10-5-13(21-14(10)7-19)11-2-3-16-8-17-11/h2-4,8,10,13-14H,5-7H2,1H3/t10-,13-,14+/m0/s1. The first kappa shape index (κ1) is 13.4. The van der Waals surface area contributed by atoms with Crippen LogP contribution in [0.15, 0.2) is 29.2 Å². The molecule has 7 heteroatoms. The van der Waals surface area contributed by atoms with Crippen LogP contribution in [0.2, 0.25) is 0 Å². The van der Waals surface area contributed by atoms with Crippen molar-refractivity contribution in [3.63, 3.8) is 0 Å². The fourth-order valence-corrected chi connectivity index (χ4v) is 3.24. The van der Waals surface area contributed by atoms with E-state index in [0.29, 0.717) is 30.5 Å². The Bertz CT molecular complexity index is 673. The van der Waals surface area contributed by atoms with Gasteiger partial charge in [-0.25, -0.2) is 9.97 Å². The highest BCUT2D eigenvalue weighted by atomic mass is 16.5. The molecule has 0 unspecified atom stereocenters. The highest BCUT2D eigenvalue weighted by Crippen LogP contribution is 2.40. The van der Waals surface area contributed by atoms with Crippen LogP contribution >= 0.6 is 0 Å². The van der Waals surface area contributed by atoms with E-state index in [9.17, 15) is 4.79 Å². The number of amides is 1. The molecule has 0 radical (unpaired) electrons. The Morgan fingerprint density at radius 3 is 3.00 bits per heavy atom. The van der Waals surface area contributed by atoms with E-state index in [0.717, 1.165) is 12.1 Å². The predicted molar refractivity (Wildman–Crippen MR) is 74.9 cm³/mol. The molecule has 114 valence electrons. The van der Waals surface area contributed by atoms with Crippen LogP contribution in [0, 0.1) is 12.8 Å². The smallest absolute Gasteiger partial charge is 0.276 e. The van der Waals surface area contributed by atoms with Crippen LogP contribution in [0.25, 0.3) is 0 Å². The Morgan fingerprint density at radius 2 is 2.32 bits per heavy atom. The molecule has 2 saturated heterocycles. The van der Waals surface area contributed by atoms with Gasteiger partial charge in [0, 0.05) is 31.3 Å². The zero-order valence-electron chi connectivity index (χ0n) is 12.2. The number of fused-ring (bicyclic) bond motifs is 1. The molecule has 2 fully saturated rings. The summed E-state index contributed by atoms with van der Waals surface area (Å²) in [5.41, 5.74) is 1.28. The summed E-state index contributed by atoms with van der Waals surface area (Å²) in [7, 11) is 0. The van der Waals surface area contributed by atoms with Gasteiger partial charge in [-0.2, -0.15) is 0 Å². The van der Waals surface area contributed by atoms with Crippen LogP contribution in [0.5, 0.6) is 0 Å². The lowest BCUT2D eigenvalue weighted by Crippen LogP contribution is -2.31. The number of hydrogen-bond donors (Lipinski definition) is 0. The van der Waals surface area contributed by atoms with E-state index in [4.69, 9.17) is 9.26 Å². The molecular weight excluding hydrogens is 284 g/mol. The van der Waals surface area contributed by atoms with Crippen molar-refractivity contribution in [2.24, 2.45) is 5.92 Å². The van der Waals surface area contributed by atoms with Crippen LogP contribution in [0.4, 0.5) is 0 Å². The summed E-state index contributed by atoms with van der Waals surface area (Å²) in [6.07, 6.45) is 4.21. The third-order valence-corrected chi connectivity index (χ3v) is 4.31. The van der Waals surface area contributed by atoms with Gasteiger partial charge in [-0.15, -0.1) is 0 Å². The molecule has 2 aromatic heterocycles. The molecule has 2 aliphatic heterocycles. The number of aromatic nitrogens is 3. The molecule has 0 aromatic carbocycles. The third kappa shape index (κ3) is 2.27. The summed E-state index contributed by atoms with van der Waals surface area (Å²) >= 11 is 0. The molecular formula is C15H16N4O3. The van der Waals surface area contributed by atoms with E-state index < -0.39 is 0 Å². The summed E-state index contributed by atoms with van der Waals surface area (Å²) in [6, 6.07) is 3.55. The number of hydrogen-bond acceptors (Lipinski definition) is 6. The second-order valence-electron chi connectivity index (χ2n) is 5.83. The average Bonchev–Trinajstić information content (AvgIpc) is 3.21.